The molecule has 0 aromatic heterocycles. The number of halogens is 1. The smallest absolute Gasteiger partial charge is 0.237 e. The van der Waals surface area contributed by atoms with Crippen LogP contribution in [0.3, 0.4) is 0 Å². The van der Waals surface area contributed by atoms with Crippen LogP contribution in [0.1, 0.15) is 45.4 Å². The Morgan fingerprint density at radius 1 is 1.29 bits per heavy atom. The van der Waals surface area contributed by atoms with E-state index in [0.717, 1.165) is 31.8 Å². The lowest BCUT2D eigenvalue weighted by Gasteiger charge is -2.27. The summed E-state index contributed by atoms with van der Waals surface area (Å²) in [4.78, 5) is 11.8. The van der Waals surface area contributed by atoms with Crippen LogP contribution in [-0.4, -0.2) is 25.0 Å². The van der Waals surface area contributed by atoms with Crippen molar-refractivity contribution < 1.29 is 4.79 Å². The molecule has 1 saturated heterocycles. The zero-order chi connectivity index (χ0) is 11.4. The molecule has 1 aliphatic heterocycles. The maximum atomic E-state index is 11.8. The number of nitrogens with one attached hydrogen (secondary N) is 2. The molecule has 17 heavy (non-hydrogen) atoms. The molecule has 3 atom stereocenters. The van der Waals surface area contributed by atoms with E-state index in [0.29, 0.717) is 5.92 Å². The Morgan fingerprint density at radius 2 is 2.12 bits per heavy atom. The number of rotatable bonds is 3. The molecule has 0 aromatic carbocycles. The highest BCUT2D eigenvalue weighted by molar-refractivity contribution is 5.85. The first kappa shape index (κ1) is 14.8. The van der Waals surface area contributed by atoms with E-state index in [1.165, 1.54) is 25.7 Å². The second kappa shape index (κ2) is 7.22. The maximum absolute atomic E-state index is 11.8. The van der Waals surface area contributed by atoms with E-state index in [2.05, 4.69) is 17.6 Å². The largest absolute Gasteiger partial charge is 0.354 e. The number of hydrogen-bond donors (Lipinski definition) is 2. The lowest BCUT2D eigenvalue weighted by Crippen LogP contribution is -2.42. The molecule has 2 fully saturated rings. The minimum Gasteiger partial charge on any atom is -0.354 e. The third-order valence-corrected chi connectivity index (χ3v) is 3.99. The molecule has 0 bridgehead atoms. The first-order chi connectivity index (χ1) is 7.75. The molecule has 0 aromatic rings. The van der Waals surface area contributed by atoms with E-state index in [9.17, 15) is 4.79 Å². The predicted octanol–water partition coefficient (Wildman–Crippen LogP) is 2.10. The fourth-order valence-corrected chi connectivity index (χ4v) is 3.02. The molecule has 2 rings (SSSR count). The average molecular weight is 261 g/mol. The summed E-state index contributed by atoms with van der Waals surface area (Å²) >= 11 is 0. The summed E-state index contributed by atoms with van der Waals surface area (Å²) in [6.07, 6.45) is 7.44. The highest BCUT2D eigenvalue weighted by atomic mass is 35.5. The fourth-order valence-electron chi connectivity index (χ4n) is 3.02. The van der Waals surface area contributed by atoms with E-state index in [4.69, 9.17) is 0 Å². The Kier molecular flexibility index (Phi) is 6.28. The SMILES string of the molecule is CC1CCCC(CNC(=O)C2CCCN2)C1.Cl. The van der Waals surface area contributed by atoms with Gasteiger partial charge >= 0.3 is 0 Å². The Balaban J connectivity index is 0.00000144. The Morgan fingerprint density at radius 3 is 2.76 bits per heavy atom. The van der Waals surface area contributed by atoms with Crippen LogP contribution < -0.4 is 10.6 Å². The van der Waals surface area contributed by atoms with Crippen LogP contribution in [0, 0.1) is 11.8 Å². The van der Waals surface area contributed by atoms with Crippen molar-refractivity contribution in [3.63, 3.8) is 0 Å². The third kappa shape index (κ3) is 4.47. The number of amides is 1. The summed E-state index contributed by atoms with van der Waals surface area (Å²) < 4.78 is 0. The van der Waals surface area contributed by atoms with Gasteiger partial charge in [0.1, 0.15) is 0 Å². The monoisotopic (exact) mass is 260 g/mol. The molecule has 1 amide bonds. The summed E-state index contributed by atoms with van der Waals surface area (Å²) in [6, 6.07) is 0.0843. The van der Waals surface area contributed by atoms with E-state index < -0.39 is 0 Å². The zero-order valence-electron chi connectivity index (χ0n) is 10.7. The van der Waals surface area contributed by atoms with Crippen LogP contribution in [-0.2, 0) is 4.79 Å². The molecule has 3 unspecified atom stereocenters. The van der Waals surface area contributed by atoms with Crippen LogP contribution in [0.25, 0.3) is 0 Å². The Bertz CT molecular complexity index is 242. The normalized spacial score (nSPS) is 32.9. The van der Waals surface area contributed by atoms with Gasteiger partial charge in [-0.3, -0.25) is 4.79 Å². The third-order valence-electron chi connectivity index (χ3n) is 3.99. The van der Waals surface area contributed by atoms with Gasteiger partial charge in [-0.05, 0) is 44.1 Å². The van der Waals surface area contributed by atoms with Gasteiger partial charge < -0.3 is 10.6 Å². The van der Waals surface area contributed by atoms with Crippen molar-refractivity contribution in [3.8, 4) is 0 Å². The van der Waals surface area contributed by atoms with Crippen LogP contribution in [0.15, 0.2) is 0 Å². The summed E-state index contributed by atoms with van der Waals surface area (Å²) in [5.74, 6) is 1.78. The van der Waals surface area contributed by atoms with Gasteiger partial charge in [-0.15, -0.1) is 12.4 Å². The van der Waals surface area contributed by atoms with Gasteiger partial charge in [-0.25, -0.2) is 0 Å². The first-order valence-electron chi connectivity index (χ1n) is 6.77. The van der Waals surface area contributed by atoms with Crippen molar-refractivity contribution in [2.45, 2.75) is 51.5 Å². The highest BCUT2D eigenvalue weighted by Crippen LogP contribution is 2.27. The van der Waals surface area contributed by atoms with Crippen LogP contribution in [0.5, 0.6) is 0 Å². The fraction of sp³-hybridized carbons (Fsp3) is 0.923. The molecule has 1 saturated carbocycles. The lowest BCUT2D eigenvalue weighted by molar-refractivity contribution is -0.123. The highest BCUT2D eigenvalue weighted by Gasteiger charge is 2.24. The van der Waals surface area contributed by atoms with Crippen molar-refractivity contribution in [2.24, 2.45) is 11.8 Å². The summed E-state index contributed by atoms with van der Waals surface area (Å²) in [5, 5.41) is 6.35. The average Bonchev–Trinajstić information content (AvgIpc) is 2.79. The molecular formula is C13H25ClN2O. The second-order valence-electron chi connectivity index (χ2n) is 5.53. The van der Waals surface area contributed by atoms with Crippen LogP contribution in [0.4, 0.5) is 0 Å². The topological polar surface area (TPSA) is 41.1 Å². The van der Waals surface area contributed by atoms with Gasteiger partial charge in [0.2, 0.25) is 5.91 Å². The van der Waals surface area contributed by atoms with Gasteiger partial charge in [0.15, 0.2) is 0 Å². The van der Waals surface area contributed by atoms with Crippen LogP contribution >= 0.6 is 12.4 Å². The van der Waals surface area contributed by atoms with Crippen molar-refractivity contribution in [2.75, 3.05) is 13.1 Å². The standard InChI is InChI=1S/C13H24N2O.ClH/c1-10-4-2-5-11(8-10)9-15-13(16)12-6-3-7-14-12;/h10-12,14H,2-9H2,1H3,(H,15,16);1H. The number of carbonyl (C=O) groups excluding carboxylic acids is 1. The van der Waals surface area contributed by atoms with Gasteiger partial charge in [0.25, 0.3) is 0 Å². The van der Waals surface area contributed by atoms with Crippen molar-refractivity contribution in [1.82, 2.24) is 10.6 Å². The van der Waals surface area contributed by atoms with E-state index in [1.54, 1.807) is 0 Å². The predicted molar refractivity (Wildman–Crippen MR) is 72.4 cm³/mol. The zero-order valence-corrected chi connectivity index (χ0v) is 11.5. The summed E-state index contributed by atoms with van der Waals surface area (Å²) in [5.41, 5.74) is 0. The van der Waals surface area contributed by atoms with Gasteiger partial charge in [0.05, 0.1) is 6.04 Å². The van der Waals surface area contributed by atoms with Gasteiger partial charge in [0, 0.05) is 6.54 Å². The van der Waals surface area contributed by atoms with Crippen molar-refractivity contribution >= 4 is 18.3 Å². The first-order valence-corrected chi connectivity index (χ1v) is 6.77. The van der Waals surface area contributed by atoms with Crippen molar-refractivity contribution in [1.29, 1.82) is 0 Å². The maximum Gasteiger partial charge on any atom is 0.237 e. The quantitative estimate of drug-likeness (QED) is 0.816. The van der Waals surface area contributed by atoms with E-state index in [-0.39, 0.29) is 24.4 Å². The molecule has 2 aliphatic rings. The molecular weight excluding hydrogens is 236 g/mol. The van der Waals surface area contributed by atoms with Crippen molar-refractivity contribution in [3.05, 3.63) is 0 Å². The van der Waals surface area contributed by atoms with Crippen LogP contribution in [0.2, 0.25) is 0 Å². The minimum atomic E-state index is 0. The van der Waals surface area contributed by atoms with Gasteiger partial charge in [-0.1, -0.05) is 19.8 Å². The molecule has 1 aliphatic carbocycles. The molecule has 100 valence electrons. The minimum absolute atomic E-state index is 0. The second-order valence-corrected chi connectivity index (χ2v) is 5.53. The number of carbonyl (C=O) groups is 1. The molecule has 0 radical (unpaired) electrons. The molecule has 1 heterocycles. The Hall–Kier alpha value is -0.280. The van der Waals surface area contributed by atoms with E-state index >= 15 is 0 Å². The molecule has 4 heteroatoms. The number of hydrogen-bond acceptors (Lipinski definition) is 2. The lowest BCUT2D eigenvalue weighted by atomic mass is 9.82. The Labute approximate surface area is 111 Å². The molecule has 2 N–H and O–H groups in total. The molecule has 0 spiro atoms. The van der Waals surface area contributed by atoms with E-state index in [1.807, 2.05) is 0 Å². The molecule has 3 nitrogen and oxygen atoms in total. The summed E-state index contributed by atoms with van der Waals surface area (Å²) in [7, 11) is 0. The summed E-state index contributed by atoms with van der Waals surface area (Å²) in [6.45, 7) is 4.21. The van der Waals surface area contributed by atoms with Gasteiger partial charge in [-0.2, -0.15) is 0 Å².